The molecule has 0 aliphatic heterocycles. The number of rotatable bonds is 12. The summed E-state index contributed by atoms with van der Waals surface area (Å²) >= 11 is 0. The lowest BCUT2D eigenvalue weighted by Crippen LogP contribution is -2.40. The summed E-state index contributed by atoms with van der Waals surface area (Å²) < 4.78 is 16.2. The predicted molar refractivity (Wildman–Crippen MR) is 124 cm³/mol. The van der Waals surface area contributed by atoms with Crippen molar-refractivity contribution in [2.75, 3.05) is 41.0 Å². The second kappa shape index (κ2) is 15.5. The van der Waals surface area contributed by atoms with Gasteiger partial charge in [0.2, 0.25) is 5.75 Å². The van der Waals surface area contributed by atoms with E-state index in [-0.39, 0.29) is 30.6 Å². The Hall–Kier alpha value is -1.42. The Kier molecular flexibility index (Phi) is 14.7. The average Bonchev–Trinajstić information content (AvgIpc) is 2.69. The number of nitrogens with one attached hydrogen (secondary N) is 2. The number of halogens is 1. The van der Waals surface area contributed by atoms with Gasteiger partial charge in [0.15, 0.2) is 17.5 Å². The summed E-state index contributed by atoms with van der Waals surface area (Å²) in [7, 11) is 4.79. The molecular weight excluding hydrogens is 473 g/mol. The van der Waals surface area contributed by atoms with E-state index in [0.717, 1.165) is 43.9 Å². The summed E-state index contributed by atoms with van der Waals surface area (Å²) in [6.45, 7) is 6.45. The molecule has 0 bridgehead atoms. The van der Waals surface area contributed by atoms with E-state index in [0.29, 0.717) is 29.7 Å². The fourth-order valence-corrected chi connectivity index (χ4v) is 2.92. The molecule has 1 rings (SSSR count). The Balaban J connectivity index is 0.00000729. The molecule has 0 saturated heterocycles. The number of aliphatic hydroxyl groups excluding tert-OH is 1. The molecule has 162 valence electrons. The first-order valence-electron chi connectivity index (χ1n) is 9.55. The maximum Gasteiger partial charge on any atom is 0.203 e. The van der Waals surface area contributed by atoms with Crippen LogP contribution in [0.4, 0.5) is 0 Å². The molecule has 0 heterocycles. The quantitative estimate of drug-likeness (QED) is 0.228. The summed E-state index contributed by atoms with van der Waals surface area (Å²) in [6, 6.07) is 3.81. The van der Waals surface area contributed by atoms with Crippen molar-refractivity contribution in [1.29, 1.82) is 0 Å². The van der Waals surface area contributed by atoms with Gasteiger partial charge < -0.3 is 30.0 Å². The highest BCUT2D eigenvalue weighted by atomic mass is 127. The minimum atomic E-state index is 0. The van der Waals surface area contributed by atoms with Gasteiger partial charge in [0.25, 0.3) is 0 Å². The van der Waals surface area contributed by atoms with E-state index >= 15 is 0 Å². The predicted octanol–water partition coefficient (Wildman–Crippen LogP) is 3.18. The van der Waals surface area contributed by atoms with Crippen molar-refractivity contribution in [1.82, 2.24) is 10.6 Å². The third kappa shape index (κ3) is 8.72. The molecule has 3 N–H and O–H groups in total. The van der Waals surface area contributed by atoms with Crippen molar-refractivity contribution in [2.45, 2.75) is 39.7 Å². The number of methoxy groups -OCH3 is 3. The van der Waals surface area contributed by atoms with Crippen molar-refractivity contribution >= 4 is 29.9 Å². The smallest absolute Gasteiger partial charge is 0.203 e. The first-order valence-corrected chi connectivity index (χ1v) is 9.55. The second-order valence-electron chi connectivity index (χ2n) is 6.28. The number of aliphatic hydroxyl groups is 1. The van der Waals surface area contributed by atoms with Gasteiger partial charge in [-0.1, -0.05) is 13.3 Å². The number of hydrogen-bond donors (Lipinski definition) is 3. The van der Waals surface area contributed by atoms with Crippen LogP contribution in [0.15, 0.2) is 17.1 Å². The lowest BCUT2D eigenvalue weighted by molar-refractivity contribution is 0.251. The van der Waals surface area contributed by atoms with Crippen LogP contribution in [0.2, 0.25) is 0 Å². The molecular formula is C20H36IN3O4. The Morgan fingerprint density at radius 1 is 1.04 bits per heavy atom. The van der Waals surface area contributed by atoms with E-state index < -0.39 is 0 Å². The highest BCUT2D eigenvalue weighted by molar-refractivity contribution is 14.0. The molecule has 0 radical (unpaired) electrons. The van der Waals surface area contributed by atoms with Gasteiger partial charge in [0, 0.05) is 19.7 Å². The minimum absolute atomic E-state index is 0. The van der Waals surface area contributed by atoms with Gasteiger partial charge in [-0.05, 0) is 43.4 Å². The molecule has 0 aromatic heterocycles. The van der Waals surface area contributed by atoms with E-state index in [4.69, 9.17) is 14.2 Å². The molecule has 0 spiro atoms. The third-order valence-electron chi connectivity index (χ3n) is 4.28. The summed E-state index contributed by atoms with van der Waals surface area (Å²) in [5.74, 6) is 3.00. The van der Waals surface area contributed by atoms with Crippen LogP contribution in [-0.4, -0.2) is 52.1 Å². The zero-order valence-electron chi connectivity index (χ0n) is 17.7. The third-order valence-corrected chi connectivity index (χ3v) is 4.28. The van der Waals surface area contributed by atoms with Crippen LogP contribution < -0.4 is 24.8 Å². The van der Waals surface area contributed by atoms with Crippen LogP contribution in [0.1, 0.15) is 38.7 Å². The molecule has 1 unspecified atom stereocenters. The molecule has 0 saturated carbocycles. The summed E-state index contributed by atoms with van der Waals surface area (Å²) in [4.78, 5) is 4.66. The normalized spacial score (nSPS) is 12.0. The fourth-order valence-electron chi connectivity index (χ4n) is 2.92. The van der Waals surface area contributed by atoms with Crippen molar-refractivity contribution in [3.05, 3.63) is 17.7 Å². The Bertz CT molecular complexity index is 554. The van der Waals surface area contributed by atoms with Crippen molar-refractivity contribution in [3.63, 3.8) is 0 Å². The summed E-state index contributed by atoms with van der Waals surface area (Å²) in [5.41, 5.74) is 0.960. The molecule has 0 aliphatic rings. The van der Waals surface area contributed by atoms with Crippen LogP contribution in [0.5, 0.6) is 17.2 Å². The SMILES string of the molecule is CCCC(CCO)CNC(=NCc1cc(OC)c(OC)c(OC)c1)NCC.I. The summed E-state index contributed by atoms with van der Waals surface area (Å²) in [6.07, 6.45) is 2.98. The van der Waals surface area contributed by atoms with Crippen molar-refractivity contribution in [3.8, 4) is 17.2 Å². The first kappa shape index (κ1) is 26.6. The lowest BCUT2D eigenvalue weighted by atomic mass is 10.0. The minimum Gasteiger partial charge on any atom is -0.493 e. The van der Waals surface area contributed by atoms with E-state index in [1.807, 2.05) is 19.1 Å². The van der Waals surface area contributed by atoms with E-state index in [9.17, 15) is 5.11 Å². The van der Waals surface area contributed by atoms with Crippen molar-refractivity contribution < 1.29 is 19.3 Å². The zero-order chi connectivity index (χ0) is 20.1. The van der Waals surface area contributed by atoms with E-state index in [1.54, 1.807) is 21.3 Å². The van der Waals surface area contributed by atoms with E-state index in [2.05, 4.69) is 22.5 Å². The Morgan fingerprint density at radius 2 is 1.68 bits per heavy atom. The molecule has 8 heteroatoms. The van der Waals surface area contributed by atoms with Gasteiger partial charge in [-0.3, -0.25) is 0 Å². The number of nitrogens with zero attached hydrogens (tertiary/aromatic N) is 1. The highest BCUT2D eigenvalue weighted by Crippen LogP contribution is 2.38. The molecule has 0 amide bonds. The molecule has 1 aromatic carbocycles. The largest absolute Gasteiger partial charge is 0.493 e. The zero-order valence-corrected chi connectivity index (χ0v) is 20.0. The number of ether oxygens (including phenoxy) is 3. The molecule has 1 atom stereocenters. The van der Waals surface area contributed by atoms with Gasteiger partial charge in [0.1, 0.15) is 0 Å². The van der Waals surface area contributed by atoms with Crippen LogP contribution in [-0.2, 0) is 6.54 Å². The number of hydrogen-bond acceptors (Lipinski definition) is 5. The molecule has 0 aliphatic carbocycles. The maximum absolute atomic E-state index is 9.22. The van der Waals surface area contributed by atoms with E-state index in [1.165, 1.54) is 0 Å². The van der Waals surface area contributed by atoms with Gasteiger partial charge in [-0.25, -0.2) is 4.99 Å². The van der Waals surface area contributed by atoms with Gasteiger partial charge in [-0.2, -0.15) is 0 Å². The number of benzene rings is 1. The van der Waals surface area contributed by atoms with Crippen LogP contribution in [0.25, 0.3) is 0 Å². The van der Waals surface area contributed by atoms with Gasteiger partial charge >= 0.3 is 0 Å². The molecule has 0 fully saturated rings. The first-order chi connectivity index (χ1) is 13.1. The van der Waals surface area contributed by atoms with Crippen LogP contribution >= 0.6 is 24.0 Å². The lowest BCUT2D eigenvalue weighted by Gasteiger charge is -2.18. The Morgan fingerprint density at radius 3 is 2.14 bits per heavy atom. The monoisotopic (exact) mass is 509 g/mol. The second-order valence-corrected chi connectivity index (χ2v) is 6.28. The number of aliphatic imine (C=N–C) groups is 1. The molecule has 28 heavy (non-hydrogen) atoms. The maximum atomic E-state index is 9.22. The molecule has 1 aromatic rings. The van der Waals surface area contributed by atoms with Gasteiger partial charge in [-0.15, -0.1) is 24.0 Å². The molecule has 7 nitrogen and oxygen atoms in total. The van der Waals surface area contributed by atoms with Crippen LogP contribution in [0, 0.1) is 5.92 Å². The fraction of sp³-hybridized carbons (Fsp3) is 0.650. The summed E-state index contributed by atoms with van der Waals surface area (Å²) in [5, 5.41) is 15.9. The highest BCUT2D eigenvalue weighted by Gasteiger charge is 2.13. The topological polar surface area (TPSA) is 84.3 Å². The van der Waals surface area contributed by atoms with Crippen molar-refractivity contribution in [2.24, 2.45) is 10.9 Å². The van der Waals surface area contributed by atoms with Crippen LogP contribution in [0.3, 0.4) is 0 Å². The standard InChI is InChI=1S/C20H35N3O4.HI/c1-6-8-15(9-10-24)13-22-20(21-7-2)23-14-16-11-17(25-3)19(27-5)18(12-16)26-4;/h11-12,15,24H,6-10,13-14H2,1-5H3,(H2,21,22,23);1H. The average molecular weight is 509 g/mol. The Labute approximate surface area is 186 Å². The van der Waals surface area contributed by atoms with Gasteiger partial charge in [0.05, 0.1) is 27.9 Å². The number of guanidine groups is 1.